The highest BCUT2D eigenvalue weighted by Crippen LogP contribution is 2.28. The molecule has 4 rings (SSSR count). The van der Waals surface area contributed by atoms with E-state index in [-0.39, 0.29) is 30.4 Å². The fourth-order valence-corrected chi connectivity index (χ4v) is 5.30. The van der Waals surface area contributed by atoms with Crippen LogP contribution < -0.4 is 5.32 Å². The van der Waals surface area contributed by atoms with Crippen LogP contribution in [-0.4, -0.2) is 93.5 Å². The Hall–Kier alpha value is -2.00. The lowest BCUT2D eigenvalue weighted by Crippen LogP contribution is -2.61. The molecule has 3 aliphatic rings. The van der Waals surface area contributed by atoms with E-state index in [1.807, 2.05) is 42.2 Å². The minimum Gasteiger partial charge on any atom is -0.389 e. The number of carbonyl (C=O) groups excluding carboxylic acids is 2. The Morgan fingerprint density at radius 1 is 1.15 bits per heavy atom. The number of hydrogen-bond donors (Lipinski definition) is 3. The molecule has 3 fully saturated rings. The number of amides is 2. The number of benzene rings is 1. The van der Waals surface area contributed by atoms with E-state index >= 15 is 0 Å². The van der Waals surface area contributed by atoms with Gasteiger partial charge in [0.1, 0.15) is 0 Å². The quantitative estimate of drug-likeness (QED) is 0.591. The monoisotopic (exact) mass is 458 g/mol. The van der Waals surface area contributed by atoms with Crippen LogP contribution in [0.15, 0.2) is 30.3 Å². The number of nitrogens with one attached hydrogen (secondary N) is 1. The number of aliphatic hydroxyl groups is 2. The summed E-state index contributed by atoms with van der Waals surface area (Å²) in [6, 6.07) is 10.1. The van der Waals surface area contributed by atoms with Gasteiger partial charge in [0.05, 0.1) is 37.0 Å². The maximum absolute atomic E-state index is 12.8. The molecule has 3 N–H and O–H groups in total. The molecule has 3 saturated heterocycles. The van der Waals surface area contributed by atoms with Gasteiger partial charge in [0.15, 0.2) is 0 Å². The molecule has 1 aromatic carbocycles. The summed E-state index contributed by atoms with van der Waals surface area (Å²) in [7, 11) is 0. The van der Waals surface area contributed by atoms with Gasteiger partial charge in [-0.05, 0) is 37.7 Å². The molecule has 1 aromatic rings. The van der Waals surface area contributed by atoms with Gasteiger partial charge >= 0.3 is 0 Å². The zero-order chi connectivity index (χ0) is 23.6. The maximum Gasteiger partial charge on any atom is 0.226 e. The molecule has 0 bridgehead atoms. The molecule has 3 atom stereocenters. The van der Waals surface area contributed by atoms with E-state index in [2.05, 4.69) is 17.1 Å². The van der Waals surface area contributed by atoms with Gasteiger partial charge in [-0.25, -0.2) is 0 Å². The molecule has 3 heterocycles. The van der Waals surface area contributed by atoms with E-state index in [1.165, 1.54) is 0 Å². The van der Waals surface area contributed by atoms with Crippen LogP contribution in [0, 0.1) is 0 Å². The summed E-state index contributed by atoms with van der Waals surface area (Å²) in [6.07, 6.45) is 2.39. The Bertz CT molecular complexity index is 838. The summed E-state index contributed by atoms with van der Waals surface area (Å²) in [4.78, 5) is 31.2. The standard InChI is InChI=1S/C25H38N4O4/c1-19(20-6-4-3-5-7-20)14-22(30)27-12-9-25(33,10-13-27)17-29-18-26-21(15-23(29)31)28-11-8-24(2,32)16-28/h3-7,19,21,26,32-33H,8-18H2,1-2H3/t19-,21?,24?/m1/s1. The lowest BCUT2D eigenvalue weighted by atomic mass is 9.89. The number of carbonyl (C=O) groups is 2. The third kappa shape index (κ3) is 5.93. The molecule has 2 amide bonds. The van der Waals surface area contributed by atoms with Crippen molar-refractivity contribution in [3.63, 3.8) is 0 Å². The fraction of sp³-hybridized carbons (Fsp3) is 0.680. The van der Waals surface area contributed by atoms with Crippen LogP contribution in [0.3, 0.4) is 0 Å². The van der Waals surface area contributed by atoms with Crippen molar-refractivity contribution in [2.75, 3.05) is 39.4 Å². The molecule has 0 aromatic heterocycles. The first-order chi connectivity index (χ1) is 15.6. The van der Waals surface area contributed by atoms with E-state index in [1.54, 1.807) is 4.90 Å². The number of β-amino-alcohol motifs (C(OH)–C–C–N with tert-alkyl or cyclic N) is 2. The zero-order valence-corrected chi connectivity index (χ0v) is 19.9. The van der Waals surface area contributed by atoms with Crippen LogP contribution in [-0.2, 0) is 9.59 Å². The van der Waals surface area contributed by atoms with Crippen molar-refractivity contribution >= 4 is 11.8 Å². The van der Waals surface area contributed by atoms with E-state index in [9.17, 15) is 19.8 Å². The van der Waals surface area contributed by atoms with Gasteiger partial charge in [-0.1, -0.05) is 37.3 Å². The van der Waals surface area contributed by atoms with Crippen molar-refractivity contribution in [3.8, 4) is 0 Å². The van der Waals surface area contributed by atoms with Crippen LogP contribution in [0.25, 0.3) is 0 Å². The largest absolute Gasteiger partial charge is 0.389 e. The predicted molar refractivity (Wildman–Crippen MR) is 125 cm³/mol. The van der Waals surface area contributed by atoms with Crippen molar-refractivity contribution < 1.29 is 19.8 Å². The number of hydrogen-bond acceptors (Lipinski definition) is 6. The van der Waals surface area contributed by atoms with E-state index < -0.39 is 11.2 Å². The number of piperidine rings is 1. The average molecular weight is 459 g/mol. The molecular weight excluding hydrogens is 420 g/mol. The lowest BCUT2D eigenvalue weighted by Gasteiger charge is -2.44. The molecular formula is C25H38N4O4. The Balaban J connectivity index is 1.23. The van der Waals surface area contributed by atoms with Gasteiger partial charge in [-0.3, -0.25) is 19.8 Å². The summed E-state index contributed by atoms with van der Waals surface area (Å²) < 4.78 is 0. The molecule has 3 aliphatic heterocycles. The summed E-state index contributed by atoms with van der Waals surface area (Å²) in [5, 5.41) is 24.7. The normalized spacial score (nSPS) is 29.3. The molecule has 8 heteroatoms. The smallest absolute Gasteiger partial charge is 0.226 e. The highest BCUT2D eigenvalue weighted by Gasteiger charge is 2.41. The predicted octanol–water partition coefficient (Wildman–Crippen LogP) is 1.10. The fourth-order valence-electron chi connectivity index (χ4n) is 5.30. The Morgan fingerprint density at radius 3 is 2.45 bits per heavy atom. The minimum atomic E-state index is -0.969. The van der Waals surface area contributed by atoms with Gasteiger partial charge in [0.25, 0.3) is 0 Å². The SMILES string of the molecule is C[C@H](CC(=O)N1CCC(O)(CN2CNC(N3CCC(C)(O)C3)CC2=O)CC1)c1ccccc1. The van der Waals surface area contributed by atoms with Crippen LogP contribution in [0.2, 0.25) is 0 Å². The Labute approximate surface area is 196 Å². The Kier molecular flexibility index (Phi) is 7.09. The number of likely N-dealkylation sites (tertiary alicyclic amines) is 2. The summed E-state index contributed by atoms with van der Waals surface area (Å²) >= 11 is 0. The van der Waals surface area contributed by atoms with Crippen LogP contribution in [0.1, 0.15) is 57.4 Å². The second-order valence-corrected chi connectivity index (χ2v) is 10.5. The molecule has 8 nitrogen and oxygen atoms in total. The molecule has 0 radical (unpaired) electrons. The van der Waals surface area contributed by atoms with Crippen molar-refractivity contribution in [3.05, 3.63) is 35.9 Å². The lowest BCUT2D eigenvalue weighted by molar-refractivity contribution is -0.146. The van der Waals surface area contributed by atoms with Gasteiger partial charge in [-0.2, -0.15) is 0 Å². The van der Waals surface area contributed by atoms with Crippen molar-refractivity contribution in [1.29, 1.82) is 0 Å². The summed E-state index contributed by atoms with van der Waals surface area (Å²) in [5.74, 6) is 0.297. The average Bonchev–Trinajstić information content (AvgIpc) is 3.15. The van der Waals surface area contributed by atoms with E-state index in [0.29, 0.717) is 58.4 Å². The third-order valence-electron chi connectivity index (χ3n) is 7.54. The first-order valence-corrected chi connectivity index (χ1v) is 12.2. The summed E-state index contributed by atoms with van der Waals surface area (Å²) in [6.45, 7) is 6.93. The van der Waals surface area contributed by atoms with Gasteiger partial charge in [-0.15, -0.1) is 0 Å². The van der Waals surface area contributed by atoms with Crippen molar-refractivity contribution in [1.82, 2.24) is 20.0 Å². The number of nitrogens with zero attached hydrogens (tertiary/aromatic N) is 3. The molecule has 33 heavy (non-hydrogen) atoms. The second kappa shape index (κ2) is 9.70. The highest BCUT2D eigenvalue weighted by molar-refractivity contribution is 5.78. The van der Waals surface area contributed by atoms with Crippen molar-refractivity contribution in [2.45, 2.75) is 69.2 Å². The van der Waals surface area contributed by atoms with Crippen molar-refractivity contribution in [2.24, 2.45) is 0 Å². The van der Waals surface area contributed by atoms with Gasteiger partial charge in [0, 0.05) is 32.6 Å². The Morgan fingerprint density at radius 2 is 1.85 bits per heavy atom. The molecule has 0 saturated carbocycles. The van der Waals surface area contributed by atoms with E-state index in [0.717, 1.165) is 12.1 Å². The van der Waals surface area contributed by atoms with Gasteiger partial charge < -0.3 is 20.0 Å². The maximum atomic E-state index is 12.8. The van der Waals surface area contributed by atoms with Gasteiger partial charge in [0.2, 0.25) is 11.8 Å². The molecule has 0 spiro atoms. The first-order valence-electron chi connectivity index (χ1n) is 12.2. The van der Waals surface area contributed by atoms with Crippen LogP contribution >= 0.6 is 0 Å². The molecule has 0 aliphatic carbocycles. The summed E-state index contributed by atoms with van der Waals surface area (Å²) in [5.41, 5.74) is -0.503. The van der Waals surface area contributed by atoms with Crippen LogP contribution in [0.5, 0.6) is 0 Å². The second-order valence-electron chi connectivity index (χ2n) is 10.5. The molecule has 182 valence electrons. The molecule has 2 unspecified atom stereocenters. The van der Waals surface area contributed by atoms with Crippen LogP contribution in [0.4, 0.5) is 0 Å². The first kappa shape index (κ1) is 24.1. The topological polar surface area (TPSA) is 96.4 Å². The third-order valence-corrected chi connectivity index (χ3v) is 7.54. The zero-order valence-electron chi connectivity index (χ0n) is 19.9. The minimum absolute atomic E-state index is 0.0221. The number of rotatable bonds is 6. The highest BCUT2D eigenvalue weighted by atomic mass is 16.3. The van der Waals surface area contributed by atoms with E-state index in [4.69, 9.17) is 0 Å².